The average molecular weight is 457 g/mol. The number of amides is 2. The minimum atomic E-state index is -1.16. The molecule has 3 heterocycles. The molecule has 158 valence electrons. The van der Waals surface area contributed by atoms with Gasteiger partial charge in [-0.05, 0) is 19.1 Å². The molecule has 4 rings (SSSR count). The first kappa shape index (κ1) is 20.7. The van der Waals surface area contributed by atoms with Gasteiger partial charge in [0, 0.05) is 34.6 Å². The van der Waals surface area contributed by atoms with Gasteiger partial charge in [-0.25, -0.2) is 9.78 Å². The van der Waals surface area contributed by atoms with E-state index in [1.165, 1.54) is 11.3 Å². The number of aromatic nitrogens is 2. The number of imidazole rings is 1. The van der Waals surface area contributed by atoms with Gasteiger partial charge < -0.3 is 15.6 Å². The number of hydrogen-bond acceptors (Lipinski definition) is 5. The number of nitrogens with zero attached hydrogens (tertiary/aromatic N) is 2. The van der Waals surface area contributed by atoms with Crippen molar-refractivity contribution in [2.45, 2.75) is 13.0 Å². The Morgan fingerprint density at radius 3 is 2.77 bits per heavy atom. The van der Waals surface area contributed by atoms with Crippen molar-refractivity contribution in [2.75, 3.05) is 5.32 Å². The second-order valence-corrected chi connectivity index (χ2v) is 8.13. The van der Waals surface area contributed by atoms with Crippen molar-refractivity contribution in [3.05, 3.63) is 70.3 Å². The summed E-state index contributed by atoms with van der Waals surface area (Å²) in [5, 5.41) is 11.7. The van der Waals surface area contributed by atoms with Gasteiger partial charge in [-0.2, -0.15) is 0 Å². The number of thiophene rings is 1. The third kappa shape index (κ3) is 4.18. The minimum Gasteiger partial charge on any atom is -0.484 e. The Morgan fingerprint density at radius 1 is 1.29 bits per heavy atom. The molecule has 0 spiro atoms. The van der Waals surface area contributed by atoms with E-state index in [9.17, 15) is 9.59 Å². The van der Waals surface area contributed by atoms with Crippen LogP contribution in [0, 0.1) is 0 Å². The van der Waals surface area contributed by atoms with Crippen LogP contribution in [0.4, 0.5) is 10.5 Å². The number of fused-ring (bicyclic) bond motifs is 1. The predicted molar refractivity (Wildman–Crippen MR) is 119 cm³/mol. The Kier molecular flexibility index (Phi) is 5.53. The van der Waals surface area contributed by atoms with E-state index in [1.54, 1.807) is 41.1 Å². The molecule has 3 aromatic heterocycles. The zero-order valence-corrected chi connectivity index (χ0v) is 17.8. The highest BCUT2D eigenvalue weighted by atomic mass is 35.5. The maximum atomic E-state index is 12.0. The van der Waals surface area contributed by atoms with Crippen LogP contribution in [0.2, 0.25) is 5.02 Å². The number of rotatable bonds is 6. The van der Waals surface area contributed by atoms with E-state index in [4.69, 9.17) is 27.2 Å². The van der Waals surface area contributed by atoms with Gasteiger partial charge in [-0.15, -0.1) is 11.3 Å². The van der Waals surface area contributed by atoms with Crippen LogP contribution in [-0.4, -0.2) is 26.5 Å². The largest absolute Gasteiger partial charge is 0.484 e. The van der Waals surface area contributed by atoms with Crippen molar-refractivity contribution in [2.24, 2.45) is 5.73 Å². The summed E-state index contributed by atoms with van der Waals surface area (Å²) in [6, 6.07) is 12.3. The lowest BCUT2D eigenvalue weighted by atomic mass is 10.1. The molecule has 0 fully saturated rings. The smallest absolute Gasteiger partial charge is 0.409 e. The number of nitrogens with one attached hydrogen (secondary N) is 1. The summed E-state index contributed by atoms with van der Waals surface area (Å²) in [6.45, 7) is 1.84. The number of hydrogen-bond donors (Lipinski definition) is 3. The zero-order chi connectivity index (χ0) is 22.1. The number of nitrogens with two attached hydrogens (primary N) is 1. The van der Waals surface area contributed by atoms with Gasteiger partial charge in [0.1, 0.15) is 22.4 Å². The number of pyridine rings is 1. The van der Waals surface area contributed by atoms with Gasteiger partial charge in [0.05, 0.1) is 16.8 Å². The lowest BCUT2D eigenvalue weighted by Gasteiger charge is -2.16. The fourth-order valence-electron chi connectivity index (χ4n) is 3.18. The van der Waals surface area contributed by atoms with Gasteiger partial charge in [-0.3, -0.25) is 14.5 Å². The molecule has 10 heteroatoms. The van der Waals surface area contributed by atoms with Crippen LogP contribution in [0.25, 0.3) is 16.2 Å². The number of carbonyl (C=O) groups is 2. The first-order chi connectivity index (χ1) is 14.8. The Balaban J connectivity index is 1.70. The van der Waals surface area contributed by atoms with Gasteiger partial charge >= 0.3 is 6.09 Å². The fraction of sp³-hybridized carbons (Fsp3) is 0.0952. The maximum absolute atomic E-state index is 12.0. The molecule has 31 heavy (non-hydrogen) atoms. The van der Waals surface area contributed by atoms with Crippen LogP contribution >= 0.6 is 22.9 Å². The van der Waals surface area contributed by atoms with Crippen LogP contribution in [0.5, 0.6) is 5.75 Å². The Bertz CT molecular complexity index is 1300. The zero-order valence-electron chi connectivity index (χ0n) is 16.2. The summed E-state index contributed by atoms with van der Waals surface area (Å²) in [4.78, 5) is 28.2. The number of halogens is 1. The van der Waals surface area contributed by atoms with Crippen LogP contribution in [0.3, 0.4) is 0 Å². The van der Waals surface area contributed by atoms with E-state index in [-0.39, 0.29) is 4.88 Å². The van der Waals surface area contributed by atoms with Crippen molar-refractivity contribution in [1.82, 2.24) is 9.38 Å². The molecule has 8 nitrogen and oxygen atoms in total. The van der Waals surface area contributed by atoms with Crippen molar-refractivity contribution >= 4 is 46.3 Å². The molecule has 0 saturated heterocycles. The van der Waals surface area contributed by atoms with Crippen molar-refractivity contribution in [3.8, 4) is 16.3 Å². The molecule has 0 aliphatic heterocycles. The summed E-state index contributed by atoms with van der Waals surface area (Å²) in [5.74, 6) is -0.238. The lowest BCUT2D eigenvalue weighted by Crippen LogP contribution is -2.12. The van der Waals surface area contributed by atoms with E-state index >= 15 is 0 Å². The molecule has 4 N–H and O–H groups in total. The summed E-state index contributed by atoms with van der Waals surface area (Å²) in [7, 11) is 0. The highest BCUT2D eigenvalue weighted by Crippen LogP contribution is 2.39. The third-order valence-corrected chi connectivity index (χ3v) is 6.08. The van der Waals surface area contributed by atoms with Gasteiger partial charge in [0.15, 0.2) is 0 Å². The molecule has 1 aromatic carbocycles. The fourth-order valence-corrected chi connectivity index (χ4v) is 4.42. The topological polar surface area (TPSA) is 119 Å². The molecule has 0 bridgehead atoms. The van der Waals surface area contributed by atoms with E-state index < -0.39 is 18.1 Å². The Labute approximate surface area is 185 Å². The van der Waals surface area contributed by atoms with Crippen molar-refractivity contribution < 1.29 is 19.4 Å². The molecular formula is C21H17ClN4O4S. The molecular weight excluding hydrogens is 440 g/mol. The van der Waals surface area contributed by atoms with E-state index in [1.807, 2.05) is 25.1 Å². The van der Waals surface area contributed by atoms with Crippen LogP contribution in [0.1, 0.15) is 28.3 Å². The number of benzene rings is 1. The first-order valence-electron chi connectivity index (χ1n) is 9.15. The predicted octanol–water partition coefficient (Wildman–Crippen LogP) is 5.05. The number of carbonyl (C=O) groups excluding carboxylic acids is 1. The normalized spacial score (nSPS) is 11.9. The quantitative estimate of drug-likeness (QED) is 0.375. The number of carboxylic acid groups (broad SMARTS) is 1. The van der Waals surface area contributed by atoms with E-state index in [0.29, 0.717) is 27.8 Å². The van der Waals surface area contributed by atoms with Crippen LogP contribution in [0.15, 0.2) is 54.9 Å². The molecule has 4 aromatic rings. The van der Waals surface area contributed by atoms with Crippen molar-refractivity contribution in [3.63, 3.8) is 0 Å². The molecule has 0 radical (unpaired) electrons. The van der Waals surface area contributed by atoms with Crippen LogP contribution < -0.4 is 15.8 Å². The molecule has 1 unspecified atom stereocenters. The highest BCUT2D eigenvalue weighted by molar-refractivity contribution is 7.17. The average Bonchev–Trinajstić information content (AvgIpc) is 3.31. The minimum absolute atomic E-state index is 0.285. The molecule has 0 aliphatic carbocycles. The first-order valence-corrected chi connectivity index (χ1v) is 10.3. The summed E-state index contributed by atoms with van der Waals surface area (Å²) >= 11 is 7.45. The van der Waals surface area contributed by atoms with E-state index in [2.05, 4.69) is 10.3 Å². The SMILES string of the molecule is CC(Oc1cc(-c2cnc3cc(NC(=O)O)ccn23)sc1C(N)=O)c1ccccc1Cl. The van der Waals surface area contributed by atoms with Crippen molar-refractivity contribution in [1.29, 1.82) is 0 Å². The standard InChI is InChI=1S/C21H17ClN4O4S/c1-11(13-4-2-3-5-14(13)22)30-16-9-17(31-19(16)20(23)27)15-10-24-18-8-12(25-21(28)29)6-7-26(15)18/h2-11,25H,1H3,(H2,23,27)(H,28,29). The lowest BCUT2D eigenvalue weighted by molar-refractivity contribution is 0.0998. The highest BCUT2D eigenvalue weighted by Gasteiger charge is 2.21. The van der Waals surface area contributed by atoms with Crippen LogP contribution in [-0.2, 0) is 0 Å². The second-order valence-electron chi connectivity index (χ2n) is 6.67. The molecule has 2 amide bonds. The summed E-state index contributed by atoms with van der Waals surface area (Å²) in [6.07, 6.45) is 1.77. The molecule has 0 saturated carbocycles. The molecule has 0 aliphatic rings. The number of anilines is 1. The Hall–Kier alpha value is -3.56. The van der Waals surface area contributed by atoms with Gasteiger partial charge in [0.2, 0.25) is 0 Å². The number of primary amides is 1. The summed E-state index contributed by atoms with van der Waals surface area (Å²) < 4.78 is 7.83. The second kappa shape index (κ2) is 8.29. The maximum Gasteiger partial charge on any atom is 0.409 e. The third-order valence-electron chi connectivity index (χ3n) is 4.59. The van der Waals surface area contributed by atoms with E-state index in [0.717, 1.165) is 10.4 Å². The van der Waals surface area contributed by atoms with Gasteiger partial charge in [-0.1, -0.05) is 29.8 Å². The Morgan fingerprint density at radius 2 is 2.06 bits per heavy atom. The summed E-state index contributed by atoms with van der Waals surface area (Å²) in [5.41, 5.74) is 8.03. The monoisotopic (exact) mass is 456 g/mol. The van der Waals surface area contributed by atoms with Gasteiger partial charge in [0.25, 0.3) is 5.91 Å². The number of ether oxygens (including phenoxy) is 1. The molecule has 1 atom stereocenters.